The lowest BCUT2D eigenvalue weighted by Gasteiger charge is -2.04. The molecule has 8 heteroatoms. The first-order valence-electron chi connectivity index (χ1n) is 6.13. The molecule has 1 aromatic heterocycles. The Labute approximate surface area is 126 Å². The first kappa shape index (κ1) is 15.5. The van der Waals surface area contributed by atoms with Gasteiger partial charge in [-0.2, -0.15) is 0 Å². The number of hydrogen-bond donors (Lipinski definition) is 2. The summed E-state index contributed by atoms with van der Waals surface area (Å²) in [4.78, 5) is 15.9. The Bertz CT molecular complexity index is 781. The molecule has 2 N–H and O–H groups in total. The van der Waals surface area contributed by atoms with Crippen LogP contribution >= 0.6 is 11.3 Å². The standard InChI is InChI=1S/C13H14N2O4S2/c1-3-21(18,19)11-7-14-13(20-11)15-12(17)9-5-4-8(2)6-10(9)16/h4-7,16H,3H2,1-2H3,(H,14,15,17). The van der Waals surface area contributed by atoms with Gasteiger partial charge in [-0.25, -0.2) is 13.4 Å². The van der Waals surface area contributed by atoms with E-state index in [2.05, 4.69) is 10.3 Å². The molecule has 1 amide bonds. The maximum Gasteiger partial charge on any atom is 0.261 e. The number of phenolic OH excluding ortho intramolecular Hbond substituents is 1. The van der Waals surface area contributed by atoms with Crippen molar-refractivity contribution < 1.29 is 18.3 Å². The van der Waals surface area contributed by atoms with E-state index in [0.29, 0.717) is 0 Å². The molecular weight excluding hydrogens is 312 g/mol. The predicted molar refractivity (Wildman–Crippen MR) is 80.6 cm³/mol. The van der Waals surface area contributed by atoms with Crippen molar-refractivity contribution in [1.82, 2.24) is 4.98 Å². The molecule has 0 saturated heterocycles. The lowest BCUT2D eigenvalue weighted by molar-refractivity contribution is 0.102. The fourth-order valence-corrected chi connectivity index (χ4v) is 3.74. The van der Waals surface area contributed by atoms with Gasteiger partial charge in [-0.3, -0.25) is 10.1 Å². The molecule has 0 aliphatic carbocycles. The molecule has 0 fully saturated rings. The largest absolute Gasteiger partial charge is 0.507 e. The summed E-state index contributed by atoms with van der Waals surface area (Å²) in [5.74, 6) is -0.700. The van der Waals surface area contributed by atoms with Crippen molar-refractivity contribution in [3.63, 3.8) is 0 Å². The van der Waals surface area contributed by atoms with Crippen LogP contribution in [0.4, 0.5) is 5.13 Å². The highest BCUT2D eigenvalue weighted by Crippen LogP contribution is 2.25. The van der Waals surface area contributed by atoms with Crippen molar-refractivity contribution in [3.05, 3.63) is 35.5 Å². The minimum absolute atomic E-state index is 0.0265. The molecule has 0 aliphatic rings. The van der Waals surface area contributed by atoms with E-state index in [9.17, 15) is 18.3 Å². The van der Waals surface area contributed by atoms with Gasteiger partial charge < -0.3 is 5.11 Å². The predicted octanol–water partition coefficient (Wildman–Crippen LogP) is 2.20. The number of phenols is 1. The zero-order valence-electron chi connectivity index (χ0n) is 11.5. The van der Waals surface area contributed by atoms with Crippen molar-refractivity contribution in [1.29, 1.82) is 0 Å². The van der Waals surface area contributed by atoms with Gasteiger partial charge in [-0.1, -0.05) is 24.3 Å². The fraction of sp³-hybridized carbons (Fsp3) is 0.231. The first-order chi connectivity index (χ1) is 9.83. The summed E-state index contributed by atoms with van der Waals surface area (Å²) in [6.07, 6.45) is 1.22. The van der Waals surface area contributed by atoms with Gasteiger partial charge in [0.2, 0.25) is 0 Å². The maximum atomic E-state index is 12.0. The summed E-state index contributed by atoms with van der Waals surface area (Å²) >= 11 is 0.884. The average molecular weight is 326 g/mol. The van der Waals surface area contributed by atoms with Crippen LogP contribution in [0.25, 0.3) is 0 Å². The second-order valence-electron chi connectivity index (χ2n) is 4.36. The highest BCUT2D eigenvalue weighted by molar-refractivity contribution is 7.93. The lowest BCUT2D eigenvalue weighted by atomic mass is 10.1. The van der Waals surface area contributed by atoms with Crippen molar-refractivity contribution in [2.75, 3.05) is 11.1 Å². The Kier molecular flexibility index (Phi) is 4.29. The number of anilines is 1. The lowest BCUT2D eigenvalue weighted by Crippen LogP contribution is -2.11. The molecule has 2 aromatic rings. The highest BCUT2D eigenvalue weighted by Gasteiger charge is 2.18. The minimum Gasteiger partial charge on any atom is -0.507 e. The number of nitrogens with zero attached hydrogens (tertiary/aromatic N) is 1. The van der Waals surface area contributed by atoms with E-state index < -0.39 is 15.7 Å². The van der Waals surface area contributed by atoms with Crippen LogP contribution in [0.3, 0.4) is 0 Å². The van der Waals surface area contributed by atoms with E-state index in [1.54, 1.807) is 13.0 Å². The number of carbonyl (C=O) groups excluding carboxylic acids is 1. The molecule has 0 atom stereocenters. The topological polar surface area (TPSA) is 96.4 Å². The van der Waals surface area contributed by atoms with Crippen molar-refractivity contribution in [2.24, 2.45) is 0 Å². The van der Waals surface area contributed by atoms with Crippen LogP contribution in [-0.4, -0.2) is 30.2 Å². The average Bonchev–Trinajstić information content (AvgIpc) is 2.87. The molecule has 2 rings (SSSR count). The summed E-state index contributed by atoms with van der Waals surface area (Å²) in [6.45, 7) is 3.34. The molecule has 0 radical (unpaired) electrons. The number of thiazole rings is 1. The van der Waals surface area contributed by atoms with Crippen LogP contribution in [0.2, 0.25) is 0 Å². The van der Waals surface area contributed by atoms with E-state index in [4.69, 9.17) is 0 Å². The van der Waals surface area contributed by atoms with E-state index in [1.807, 2.05) is 0 Å². The summed E-state index contributed by atoms with van der Waals surface area (Å²) in [7, 11) is -3.34. The second kappa shape index (κ2) is 5.82. The number of aromatic hydroxyl groups is 1. The Morgan fingerprint density at radius 1 is 1.43 bits per heavy atom. The van der Waals surface area contributed by atoms with Crippen LogP contribution in [-0.2, 0) is 9.84 Å². The van der Waals surface area contributed by atoms with Crippen molar-refractivity contribution in [2.45, 2.75) is 18.1 Å². The number of hydrogen-bond acceptors (Lipinski definition) is 6. The molecule has 112 valence electrons. The minimum atomic E-state index is -3.34. The summed E-state index contributed by atoms with van der Waals surface area (Å²) in [5.41, 5.74) is 0.935. The normalized spacial score (nSPS) is 11.3. The first-order valence-corrected chi connectivity index (χ1v) is 8.60. The molecule has 1 aromatic carbocycles. The molecular formula is C13H14N2O4S2. The van der Waals surface area contributed by atoms with Crippen LogP contribution in [0.5, 0.6) is 5.75 Å². The van der Waals surface area contributed by atoms with Crippen LogP contribution < -0.4 is 5.32 Å². The van der Waals surface area contributed by atoms with Crippen LogP contribution in [0.1, 0.15) is 22.8 Å². The molecule has 0 spiro atoms. The maximum absolute atomic E-state index is 12.0. The number of nitrogens with one attached hydrogen (secondary N) is 1. The number of benzene rings is 1. The van der Waals surface area contributed by atoms with E-state index in [-0.39, 0.29) is 26.4 Å². The summed E-state index contributed by atoms with van der Waals surface area (Å²) in [5, 5.41) is 12.4. The molecule has 1 heterocycles. The van der Waals surface area contributed by atoms with E-state index in [0.717, 1.165) is 16.9 Å². The monoisotopic (exact) mass is 326 g/mol. The summed E-state index contributed by atoms with van der Waals surface area (Å²) < 4.78 is 23.5. The Balaban J connectivity index is 2.21. The number of aryl methyl sites for hydroxylation is 1. The molecule has 21 heavy (non-hydrogen) atoms. The highest BCUT2D eigenvalue weighted by atomic mass is 32.2. The van der Waals surface area contributed by atoms with E-state index >= 15 is 0 Å². The second-order valence-corrected chi connectivity index (χ2v) is 7.90. The SMILES string of the molecule is CCS(=O)(=O)c1cnc(NC(=O)c2ccc(C)cc2O)s1. The van der Waals surface area contributed by atoms with Crippen LogP contribution in [0.15, 0.2) is 28.6 Å². The zero-order valence-corrected chi connectivity index (χ0v) is 13.1. The number of rotatable bonds is 4. The molecule has 0 aliphatic heterocycles. The Morgan fingerprint density at radius 3 is 2.76 bits per heavy atom. The fourth-order valence-electron chi connectivity index (χ4n) is 1.60. The summed E-state index contributed by atoms with van der Waals surface area (Å²) in [6, 6.07) is 4.67. The van der Waals surface area contributed by atoms with Gasteiger partial charge >= 0.3 is 0 Å². The van der Waals surface area contributed by atoms with Crippen molar-refractivity contribution in [3.8, 4) is 5.75 Å². The third kappa shape index (κ3) is 3.40. The molecule has 0 saturated carbocycles. The van der Waals surface area contributed by atoms with Gasteiger partial charge in [0.25, 0.3) is 5.91 Å². The van der Waals surface area contributed by atoms with E-state index in [1.165, 1.54) is 25.3 Å². The zero-order chi connectivity index (χ0) is 15.6. The quantitative estimate of drug-likeness (QED) is 0.898. The van der Waals surface area contributed by atoms with Gasteiger partial charge in [0.05, 0.1) is 17.5 Å². The Morgan fingerprint density at radius 2 is 2.14 bits per heavy atom. The number of carbonyl (C=O) groups is 1. The number of aromatic nitrogens is 1. The third-order valence-electron chi connectivity index (χ3n) is 2.79. The van der Waals surface area contributed by atoms with Gasteiger partial charge in [-0.05, 0) is 24.6 Å². The third-order valence-corrected chi connectivity index (χ3v) is 5.99. The van der Waals surface area contributed by atoms with Gasteiger partial charge in [-0.15, -0.1) is 0 Å². The van der Waals surface area contributed by atoms with Gasteiger partial charge in [0, 0.05) is 0 Å². The number of amides is 1. The Hall–Kier alpha value is -1.93. The molecule has 6 nitrogen and oxygen atoms in total. The number of sulfone groups is 1. The van der Waals surface area contributed by atoms with Gasteiger partial charge in [0.1, 0.15) is 9.96 Å². The van der Waals surface area contributed by atoms with Gasteiger partial charge in [0.15, 0.2) is 15.0 Å². The van der Waals surface area contributed by atoms with Crippen LogP contribution in [0, 0.1) is 6.92 Å². The molecule has 0 bridgehead atoms. The van der Waals surface area contributed by atoms with Crippen molar-refractivity contribution >= 4 is 32.2 Å². The smallest absolute Gasteiger partial charge is 0.261 e. The molecule has 0 unspecified atom stereocenters.